The molecule has 0 bridgehead atoms. The molecule has 19 heavy (non-hydrogen) atoms. The fourth-order valence-corrected chi connectivity index (χ4v) is 3.89. The number of sulfonamides is 1. The van der Waals surface area contributed by atoms with Crippen LogP contribution in [0.2, 0.25) is 0 Å². The molecule has 1 aliphatic heterocycles. The molecule has 106 valence electrons. The van der Waals surface area contributed by atoms with Gasteiger partial charge in [-0.2, -0.15) is 0 Å². The summed E-state index contributed by atoms with van der Waals surface area (Å²) in [5.41, 5.74) is 0.498. The molecule has 1 fully saturated rings. The van der Waals surface area contributed by atoms with Crippen LogP contribution in [0.1, 0.15) is 30.7 Å². The topological polar surface area (TPSA) is 75.2 Å². The van der Waals surface area contributed by atoms with E-state index in [9.17, 15) is 8.42 Å². The van der Waals surface area contributed by atoms with Gasteiger partial charge in [-0.05, 0) is 26.8 Å². The normalized spacial score (nSPS) is 20.3. The van der Waals surface area contributed by atoms with Gasteiger partial charge in [-0.1, -0.05) is 0 Å². The molecular weight excluding hydrogens is 264 g/mol. The van der Waals surface area contributed by atoms with Crippen LogP contribution in [-0.2, 0) is 10.0 Å². The minimum Gasteiger partial charge on any atom is -0.317 e. The maximum atomic E-state index is 12.5. The first-order chi connectivity index (χ1) is 9.05. The lowest BCUT2D eigenvalue weighted by atomic mass is 10.1. The van der Waals surface area contributed by atoms with Crippen LogP contribution in [-0.4, -0.2) is 48.9 Å². The number of hydrogen-bond acceptors (Lipinski definition) is 5. The molecule has 1 saturated heterocycles. The molecule has 0 saturated carbocycles. The van der Waals surface area contributed by atoms with Crippen LogP contribution in [0.25, 0.3) is 0 Å². The Bertz CT molecular complexity index is 498. The van der Waals surface area contributed by atoms with E-state index in [1.54, 1.807) is 17.4 Å². The molecular formula is C12H20N4O2S. The highest BCUT2D eigenvalue weighted by Crippen LogP contribution is 2.25. The van der Waals surface area contributed by atoms with Gasteiger partial charge < -0.3 is 5.32 Å². The number of nitrogens with one attached hydrogen (secondary N) is 1. The van der Waals surface area contributed by atoms with Crippen LogP contribution < -0.4 is 5.32 Å². The third-order valence-electron chi connectivity index (χ3n) is 3.67. The van der Waals surface area contributed by atoms with Crippen LogP contribution in [0.5, 0.6) is 0 Å². The standard InChI is InChI=1S/C12H20N4O2S/c1-10(12-9-14-5-6-15-12)19(17,18)16-7-3-11(13-2)4-8-16/h5-6,9-11,13H,3-4,7-8H2,1-2H3/t10-/m1/s1. The Kier molecular flexibility index (Phi) is 4.49. The summed E-state index contributed by atoms with van der Waals surface area (Å²) >= 11 is 0. The minimum absolute atomic E-state index is 0.415. The highest BCUT2D eigenvalue weighted by molar-refractivity contribution is 7.89. The Morgan fingerprint density at radius 3 is 2.58 bits per heavy atom. The molecule has 7 heteroatoms. The lowest BCUT2D eigenvalue weighted by Crippen LogP contribution is -2.45. The van der Waals surface area contributed by atoms with Crippen molar-refractivity contribution in [3.05, 3.63) is 24.3 Å². The van der Waals surface area contributed by atoms with Crippen molar-refractivity contribution < 1.29 is 8.42 Å². The fourth-order valence-electron chi connectivity index (χ4n) is 2.30. The highest BCUT2D eigenvalue weighted by atomic mass is 32.2. The van der Waals surface area contributed by atoms with E-state index in [-0.39, 0.29) is 0 Å². The molecule has 2 heterocycles. The van der Waals surface area contributed by atoms with Crippen molar-refractivity contribution >= 4 is 10.0 Å². The molecule has 1 aromatic rings. The number of hydrogen-bond donors (Lipinski definition) is 1. The Morgan fingerprint density at radius 2 is 2.05 bits per heavy atom. The van der Waals surface area contributed by atoms with Crippen molar-refractivity contribution in [3.63, 3.8) is 0 Å². The van der Waals surface area contributed by atoms with Crippen molar-refractivity contribution in [2.45, 2.75) is 31.1 Å². The van der Waals surface area contributed by atoms with Crippen molar-refractivity contribution in [3.8, 4) is 0 Å². The predicted molar refractivity (Wildman–Crippen MR) is 73.0 cm³/mol. The van der Waals surface area contributed by atoms with Gasteiger partial charge >= 0.3 is 0 Å². The second-order valence-electron chi connectivity index (χ2n) is 4.78. The average molecular weight is 284 g/mol. The van der Waals surface area contributed by atoms with Crippen LogP contribution in [0, 0.1) is 0 Å². The minimum atomic E-state index is -3.34. The molecule has 1 atom stereocenters. The summed E-state index contributed by atoms with van der Waals surface area (Å²) in [5, 5.41) is 2.55. The van der Waals surface area contributed by atoms with Gasteiger partial charge in [0, 0.05) is 37.7 Å². The third-order valence-corrected chi connectivity index (χ3v) is 5.89. The largest absolute Gasteiger partial charge is 0.317 e. The molecule has 0 aliphatic carbocycles. The lowest BCUT2D eigenvalue weighted by Gasteiger charge is -2.32. The van der Waals surface area contributed by atoms with Gasteiger partial charge in [0.05, 0.1) is 5.69 Å². The van der Waals surface area contributed by atoms with Crippen LogP contribution in [0.4, 0.5) is 0 Å². The lowest BCUT2D eigenvalue weighted by molar-refractivity contribution is 0.296. The van der Waals surface area contributed by atoms with Crippen molar-refractivity contribution in [2.24, 2.45) is 0 Å². The van der Waals surface area contributed by atoms with Gasteiger partial charge in [0.2, 0.25) is 10.0 Å². The first-order valence-electron chi connectivity index (χ1n) is 6.48. The summed E-state index contributed by atoms with van der Waals surface area (Å²) in [6.07, 6.45) is 6.28. The van der Waals surface area contributed by atoms with Crippen LogP contribution in [0.15, 0.2) is 18.6 Å². The summed E-state index contributed by atoms with van der Waals surface area (Å²) in [7, 11) is -1.43. The molecule has 1 aromatic heterocycles. The maximum absolute atomic E-state index is 12.5. The molecule has 2 rings (SSSR count). The summed E-state index contributed by atoms with van der Waals surface area (Å²) < 4.78 is 26.6. The number of piperidine rings is 1. The van der Waals surface area contributed by atoms with E-state index in [0.717, 1.165) is 12.8 Å². The van der Waals surface area contributed by atoms with Gasteiger partial charge in [-0.3, -0.25) is 9.97 Å². The number of aromatic nitrogens is 2. The second kappa shape index (κ2) is 5.94. The molecule has 0 aromatic carbocycles. The van der Waals surface area contributed by atoms with E-state index in [1.807, 2.05) is 7.05 Å². The zero-order valence-corrected chi connectivity index (χ0v) is 12.1. The van der Waals surface area contributed by atoms with E-state index < -0.39 is 15.3 Å². The average Bonchev–Trinajstić information content (AvgIpc) is 2.47. The Balaban J connectivity index is 2.11. The Hall–Kier alpha value is -1.05. The summed E-state index contributed by atoms with van der Waals surface area (Å²) in [6, 6.07) is 0.415. The quantitative estimate of drug-likeness (QED) is 0.874. The van der Waals surface area contributed by atoms with Crippen molar-refractivity contribution in [1.29, 1.82) is 0 Å². The van der Waals surface area contributed by atoms with Crippen LogP contribution >= 0.6 is 0 Å². The summed E-state index contributed by atoms with van der Waals surface area (Å²) in [6.45, 7) is 2.81. The zero-order chi connectivity index (χ0) is 13.9. The number of rotatable bonds is 4. The monoisotopic (exact) mass is 284 g/mol. The van der Waals surface area contributed by atoms with E-state index >= 15 is 0 Å². The molecule has 0 unspecified atom stereocenters. The second-order valence-corrected chi connectivity index (χ2v) is 7.03. The molecule has 1 N–H and O–H groups in total. The summed E-state index contributed by atoms with van der Waals surface area (Å²) in [5.74, 6) is 0. The predicted octanol–water partition coefficient (Wildman–Crippen LogP) is 0.551. The first kappa shape index (κ1) is 14.4. The molecule has 1 aliphatic rings. The highest BCUT2D eigenvalue weighted by Gasteiger charge is 2.33. The van der Waals surface area contributed by atoms with Gasteiger partial charge in [0.25, 0.3) is 0 Å². The number of nitrogens with zero attached hydrogens (tertiary/aromatic N) is 3. The molecule has 0 radical (unpaired) electrons. The van der Waals surface area contributed by atoms with E-state index in [4.69, 9.17) is 0 Å². The van der Waals surface area contributed by atoms with Crippen LogP contribution in [0.3, 0.4) is 0 Å². The summed E-state index contributed by atoms with van der Waals surface area (Å²) in [4.78, 5) is 8.02. The van der Waals surface area contributed by atoms with E-state index in [1.165, 1.54) is 12.4 Å². The Morgan fingerprint density at radius 1 is 1.37 bits per heavy atom. The van der Waals surface area contributed by atoms with Gasteiger partial charge in [0.1, 0.15) is 5.25 Å². The van der Waals surface area contributed by atoms with E-state index in [2.05, 4.69) is 15.3 Å². The molecule has 0 spiro atoms. The SMILES string of the molecule is CNC1CCN(S(=O)(=O)[C@H](C)c2cnccn2)CC1. The third kappa shape index (κ3) is 3.10. The van der Waals surface area contributed by atoms with Gasteiger partial charge in [-0.25, -0.2) is 12.7 Å². The fraction of sp³-hybridized carbons (Fsp3) is 0.667. The van der Waals surface area contributed by atoms with Crippen molar-refractivity contribution in [1.82, 2.24) is 19.6 Å². The van der Waals surface area contributed by atoms with Crippen molar-refractivity contribution in [2.75, 3.05) is 20.1 Å². The zero-order valence-electron chi connectivity index (χ0n) is 11.3. The first-order valence-corrected chi connectivity index (χ1v) is 7.98. The maximum Gasteiger partial charge on any atom is 0.222 e. The smallest absolute Gasteiger partial charge is 0.222 e. The van der Waals surface area contributed by atoms with Gasteiger partial charge in [0.15, 0.2) is 0 Å². The Labute approximate surface area is 114 Å². The van der Waals surface area contributed by atoms with Gasteiger partial charge in [-0.15, -0.1) is 0 Å². The van der Waals surface area contributed by atoms with E-state index in [0.29, 0.717) is 24.8 Å². The molecule has 6 nitrogen and oxygen atoms in total. The molecule has 0 amide bonds.